The van der Waals surface area contributed by atoms with Crippen LogP contribution in [-0.4, -0.2) is 35.6 Å². The van der Waals surface area contributed by atoms with Gasteiger partial charge in [0.2, 0.25) is 0 Å². The van der Waals surface area contributed by atoms with Gasteiger partial charge in [-0.3, -0.25) is 0 Å². The van der Waals surface area contributed by atoms with Crippen LogP contribution in [0.25, 0.3) is 21.8 Å². The molecule has 0 amide bonds. The molecular weight excluding hydrogens is 377 g/mol. The lowest BCUT2D eigenvalue weighted by Gasteiger charge is -2.21. The van der Waals surface area contributed by atoms with Gasteiger partial charge in [0.1, 0.15) is 0 Å². The average Bonchev–Trinajstić information content (AvgIpc) is 2.66. The predicted octanol–water partition coefficient (Wildman–Crippen LogP) is 6.39. The fourth-order valence-electron chi connectivity index (χ4n) is 3.51. The summed E-state index contributed by atoms with van der Waals surface area (Å²) in [5, 5.41) is 6.69. The zero-order chi connectivity index (χ0) is 18.5. The third-order valence-electron chi connectivity index (χ3n) is 5.06. The summed E-state index contributed by atoms with van der Waals surface area (Å²) in [5.74, 6) is 0. The van der Waals surface area contributed by atoms with Crippen LogP contribution < -0.4 is 5.32 Å². The number of hydrogen-bond acceptors (Lipinski definition) is 3. The van der Waals surface area contributed by atoms with Crippen LogP contribution in [0, 0.1) is 0 Å². The molecule has 0 radical (unpaired) electrons. The minimum Gasteiger partial charge on any atom is -0.381 e. The van der Waals surface area contributed by atoms with Crippen molar-refractivity contribution in [3.63, 3.8) is 0 Å². The number of aromatic nitrogens is 1. The van der Waals surface area contributed by atoms with Crippen molar-refractivity contribution in [3.05, 3.63) is 47.5 Å². The number of para-hydroxylation sites is 2. The van der Waals surface area contributed by atoms with Gasteiger partial charge in [0.15, 0.2) is 0 Å². The standard InChI is InChI=1S/C22H28ClN3.ClH/c1-4-26(5-2)15-9-10-16(3)24-21-17-11-6-7-14-20(17)25-22-18(21)12-8-13-19(22)23;/h6-8,11-14,16H,4-5,9-10,15H2,1-3H3,(H,24,25);1H. The highest BCUT2D eigenvalue weighted by molar-refractivity contribution is 6.35. The molecule has 1 N–H and O–H groups in total. The van der Waals surface area contributed by atoms with Gasteiger partial charge in [0.25, 0.3) is 0 Å². The van der Waals surface area contributed by atoms with Crippen molar-refractivity contribution in [2.24, 2.45) is 0 Å². The number of rotatable bonds is 8. The molecule has 1 unspecified atom stereocenters. The van der Waals surface area contributed by atoms with Crippen molar-refractivity contribution < 1.29 is 0 Å². The molecule has 0 fully saturated rings. The minimum absolute atomic E-state index is 0. The second-order valence-corrected chi connectivity index (χ2v) is 7.26. The van der Waals surface area contributed by atoms with Gasteiger partial charge in [-0.15, -0.1) is 12.4 Å². The van der Waals surface area contributed by atoms with E-state index in [1.54, 1.807) is 0 Å². The summed E-state index contributed by atoms with van der Waals surface area (Å²) in [5.41, 5.74) is 2.99. The van der Waals surface area contributed by atoms with E-state index >= 15 is 0 Å². The minimum atomic E-state index is 0. The van der Waals surface area contributed by atoms with Gasteiger partial charge in [-0.25, -0.2) is 4.98 Å². The highest BCUT2D eigenvalue weighted by atomic mass is 35.5. The molecule has 0 saturated carbocycles. The first-order chi connectivity index (χ1) is 12.6. The topological polar surface area (TPSA) is 28.2 Å². The molecule has 3 nitrogen and oxygen atoms in total. The maximum atomic E-state index is 6.42. The number of nitrogens with zero attached hydrogens (tertiary/aromatic N) is 2. The second kappa shape index (κ2) is 10.1. The van der Waals surface area contributed by atoms with E-state index in [-0.39, 0.29) is 12.4 Å². The Morgan fingerprint density at radius 1 is 1.04 bits per heavy atom. The zero-order valence-electron chi connectivity index (χ0n) is 16.3. The summed E-state index contributed by atoms with van der Waals surface area (Å²) < 4.78 is 0. The first kappa shape index (κ1) is 21.7. The predicted molar refractivity (Wildman–Crippen MR) is 122 cm³/mol. The van der Waals surface area contributed by atoms with E-state index in [0.717, 1.165) is 53.5 Å². The molecule has 0 spiro atoms. The van der Waals surface area contributed by atoms with E-state index in [4.69, 9.17) is 16.6 Å². The average molecular weight is 406 g/mol. The molecule has 0 aliphatic heterocycles. The molecule has 0 saturated heterocycles. The number of anilines is 1. The fraction of sp³-hybridized carbons (Fsp3) is 0.409. The number of benzene rings is 2. The molecule has 1 heterocycles. The molecule has 2 aromatic carbocycles. The number of fused-ring (bicyclic) bond motifs is 2. The summed E-state index contributed by atoms with van der Waals surface area (Å²) in [4.78, 5) is 7.25. The van der Waals surface area contributed by atoms with Crippen LogP contribution in [0.4, 0.5) is 5.69 Å². The van der Waals surface area contributed by atoms with Gasteiger partial charge in [0.05, 0.1) is 21.7 Å². The Hall–Kier alpha value is -1.55. The van der Waals surface area contributed by atoms with Crippen LogP contribution in [0.2, 0.25) is 5.02 Å². The van der Waals surface area contributed by atoms with Gasteiger partial charge in [-0.2, -0.15) is 0 Å². The lowest BCUT2D eigenvalue weighted by atomic mass is 10.1. The summed E-state index contributed by atoms with van der Waals surface area (Å²) in [6.45, 7) is 10.1. The fourth-order valence-corrected chi connectivity index (χ4v) is 3.73. The first-order valence-electron chi connectivity index (χ1n) is 9.59. The smallest absolute Gasteiger partial charge is 0.0916 e. The first-order valence-corrected chi connectivity index (χ1v) is 9.97. The Labute approximate surface area is 173 Å². The molecule has 0 aliphatic rings. The highest BCUT2D eigenvalue weighted by Gasteiger charge is 2.13. The summed E-state index contributed by atoms with van der Waals surface area (Å²) in [6.07, 6.45) is 2.33. The Balaban J connectivity index is 0.00000261. The van der Waals surface area contributed by atoms with Crippen molar-refractivity contribution in [2.45, 2.75) is 39.7 Å². The van der Waals surface area contributed by atoms with Gasteiger partial charge < -0.3 is 10.2 Å². The van der Waals surface area contributed by atoms with Crippen LogP contribution in [0.15, 0.2) is 42.5 Å². The quantitative estimate of drug-likeness (QED) is 0.440. The van der Waals surface area contributed by atoms with Crippen LogP contribution in [0.1, 0.15) is 33.6 Å². The molecule has 1 atom stereocenters. The normalized spacial score (nSPS) is 12.3. The molecule has 3 aromatic rings. The Bertz CT molecular complexity index is 878. The number of pyridine rings is 1. The van der Waals surface area contributed by atoms with Crippen molar-refractivity contribution >= 4 is 51.5 Å². The summed E-state index contributed by atoms with van der Waals surface area (Å²) in [6, 6.07) is 14.7. The Morgan fingerprint density at radius 2 is 1.74 bits per heavy atom. The largest absolute Gasteiger partial charge is 0.381 e. The van der Waals surface area contributed by atoms with E-state index in [1.807, 2.05) is 24.3 Å². The lowest BCUT2D eigenvalue weighted by Crippen LogP contribution is -2.25. The van der Waals surface area contributed by atoms with Gasteiger partial charge >= 0.3 is 0 Å². The van der Waals surface area contributed by atoms with Crippen LogP contribution >= 0.6 is 24.0 Å². The Kier molecular flexibility index (Phi) is 8.15. The number of halogens is 2. The third-order valence-corrected chi connectivity index (χ3v) is 5.36. The van der Waals surface area contributed by atoms with Crippen LogP contribution in [0.5, 0.6) is 0 Å². The second-order valence-electron chi connectivity index (χ2n) is 6.85. The third kappa shape index (κ3) is 5.04. The van der Waals surface area contributed by atoms with Crippen molar-refractivity contribution in [1.29, 1.82) is 0 Å². The van der Waals surface area contributed by atoms with E-state index in [1.165, 1.54) is 6.42 Å². The maximum absolute atomic E-state index is 6.42. The monoisotopic (exact) mass is 405 g/mol. The van der Waals surface area contributed by atoms with Crippen molar-refractivity contribution in [2.75, 3.05) is 25.0 Å². The molecule has 146 valence electrons. The summed E-state index contributed by atoms with van der Waals surface area (Å²) >= 11 is 6.42. The zero-order valence-corrected chi connectivity index (χ0v) is 17.9. The van der Waals surface area contributed by atoms with E-state index in [9.17, 15) is 0 Å². The van der Waals surface area contributed by atoms with Crippen LogP contribution in [0.3, 0.4) is 0 Å². The number of nitrogens with one attached hydrogen (secondary N) is 1. The Morgan fingerprint density at radius 3 is 2.48 bits per heavy atom. The highest BCUT2D eigenvalue weighted by Crippen LogP contribution is 2.34. The molecule has 5 heteroatoms. The van der Waals surface area contributed by atoms with Crippen molar-refractivity contribution in [1.82, 2.24) is 9.88 Å². The SMILES string of the molecule is CCN(CC)CCCC(C)Nc1c2ccccc2nc2c(Cl)cccc12.Cl. The van der Waals surface area contributed by atoms with Crippen molar-refractivity contribution in [3.8, 4) is 0 Å². The van der Waals surface area contributed by atoms with Gasteiger partial charge in [0, 0.05) is 16.8 Å². The molecule has 0 aliphatic carbocycles. The number of hydrogen-bond donors (Lipinski definition) is 1. The summed E-state index contributed by atoms with van der Waals surface area (Å²) in [7, 11) is 0. The maximum Gasteiger partial charge on any atom is 0.0916 e. The molecule has 1 aromatic heterocycles. The molecule has 27 heavy (non-hydrogen) atoms. The molecule has 3 rings (SSSR count). The van der Waals surface area contributed by atoms with E-state index in [2.05, 4.69) is 49.2 Å². The molecular formula is C22H29Cl2N3. The van der Waals surface area contributed by atoms with E-state index in [0.29, 0.717) is 11.1 Å². The van der Waals surface area contributed by atoms with E-state index < -0.39 is 0 Å². The lowest BCUT2D eigenvalue weighted by molar-refractivity contribution is 0.295. The van der Waals surface area contributed by atoms with Gasteiger partial charge in [-0.1, -0.05) is 55.8 Å². The van der Waals surface area contributed by atoms with Crippen LogP contribution in [-0.2, 0) is 0 Å². The van der Waals surface area contributed by atoms with Gasteiger partial charge in [-0.05, 0) is 51.5 Å². The molecule has 0 bridgehead atoms.